The number of hydrogen-bond acceptors (Lipinski definition) is 8. The van der Waals surface area contributed by atoms with Gasteiger partial charge >= 0.3 is 5.69 Å². The summed E-state index contributed by atoms with van der Waals surface area (Å²) < 4.78 is 43.9. The molecule has 2 aliphatic heterocycles. The molecule has 0 spiro atoms. The molecule has 2 aromatic carbocycles. The third kappa shape index (κ3) is 5.67. The maximum atomic E-state index is 15.5. The Morgan fingerprint density at radius 1 is 1.00 bits per heavy atom. The number of piperazine rings is 1. The van der Waals surface area contributed by atoms with Crippen molar-refractivity contribution in [1.82, 2.24) is 24.4 Å². The number of benzene rings is 2. The molecular weight excluding hydrogens is 626 g/mol. The molecule has 2 bridgehead atoms. The van der Waals surface area contributed by atoms with E-state index in [1.807, 2.05) is 32.0 Å². The van der Waals surface area contributed by atoms with E-state index in [0.29, 0.717) is 34.9 Å². The quantitative estimate of drug-likeness (QED) is 0.220. The first-order valence-electron chi connectivity index (χ1n) is 15.6. The predicted octanol–water partition coefficient (Wildman–Crippen LogP) is 6.38. The standard InChI is InChI=1S/C35H33ClF2N6O3/c1-20(2)29-31-27(11-12-39-29)46-15-16-47-32-26(38)10-9-25(37)28(32)30-24(36)17-23-33(41-35(45)44(31)34(23)40-30)43-14-13-42(18-21(43)3)19-22-7-5-4-6-8-22/h4-12,17,20-21H,13-16,18-19H2,1-3H3. The summed E-state index contributed by atoms with van der Waals surface area (Å²) in [7, 11) is 0. The Hall–Kier alpha value is -4.61. The van der Waals surface area contributed by atoms with Gasteiger partial charge in [0.2, 0.25) is 0 Å². The number of nitrogens with zero attached hydrogens (tertiary/aromatic N) is 6. The lowest BCUT2D eigenvalue weighted by atomic mass is 10.1. The normalized spacial score (nSPS) is 16.7. The van der Waals surface area contributed by atoms with Crippen LogP contribution in [-0.2, 0) is 6.54 Å². The molecule has 0 radical (unpaired) electrons. The molecule has 5 aromatic rings. The molecule has 0 N–H and O–H groups in total. The Bertz CT molecular complexity index is 2040. The van der Waals surface area contributed by atoms with E-state index in [4.69, 9.17) is 26.1 Å². The summed E-state index contributed by atoms with van der Waals surface area (Å²) in [4.78, 5) is 32.8. The van der Waals surface area contributed by atoms with E-state index in [1.165, 1.54) is 10.1 Å². The summed E-state index contributed by atoms with van der Waals surface area (Å²) in [6.45, 7) is 8.72. The monoisotopic (exact) mass is 658 g/mol. The Kier molecular flexibility index (Phi) is 8.27. The Balaban J connectivity index is 1.46. The van der Waals surface area contributed by atoms with Crippen LogP contribution in [0.25, 0.3) is 28.0 Å². The Morgan fingerprint density at radius 3 is 2.53 bits per heavy atom. The molecule has 7 rings (SSSR count). The number of ether oxygens (including phenoxy) is 2. The first-order valence-corrected chi connectivity index (χ1v) is 16.0. The van der Waals surface area contributed by atoms with Crippen molar-refractivity contribution in [3.63, 3.8) is 0 Å². The van der Waals surface area contributed by atoms with Gasteiger partial charge in [-0.15, -0.1) is 0 Å². The van der Waals surface area contributed by atoms with E-state index in [0.717, 1.165) is 31.8 Å². The lowest BCUT2D eigenvalue weighted by Gasteiger charge is -2.41. The third-order valence-electron chi connectivity index (χ3n) is 8.60. The van der Waals surface area contributed by atoms with Crippen molar-refractivity contribution in [2.45, 2.75) is 39.3 Å². The number of rotatable bonds is 4. The van der Waals surface area contributed by atoms with Crippen LogP contribution in [0.3, 0.4) is 0 Å². The number of hydrogen-bond donors (Lipinski definition) is 0. The molecule has 1 fully saturated rings. The van der Waals surface area contributed by atoms with Crippen LogP contribution in [0.4, 0.5) is 14.6 Å². The van der Waals surface area contributed by atoms with Crippen molar-refractivity contribution in [3.8, 4) is 28.4 Å². The second-order valence-corrected chi connectivity index (χ2v) is 12.5. The first kappa shape index (κ1) is 31.0. The van der Waals surface area contributed by atoms with Crippen LogP contribution in [-0.4, -0.2) is 63.3 Å². The summed E-state index contributed by atoms with van der Waals surface area (Å²) >= 11 is 6.87. The van der Waals surface area contributed by atoms with Gasteiger partial charge in [0.1, 0.15) is 36.3 Å². The molecule has 242 valence electrons. The molecule has 5 heterocycles. The van der Waals surface area contributed by atoms with Crippen molar-refractivity contribution in [2.75, 3.05) is 37.7 Å². The second-order valence-electron chi connectivity index (χ2n) is 12.1. The highest BCUT2D eigenvalue weighted by atomic mass is 35.5. The zero-order valence-electron chi connectivity index (χ0n) is 26.2. The fourth-order valence-corrected chi connectivity index (χ4v) is 6.69. The molecule has 1 unspecified atom stereocenters. The molecule has 9 nitrogen and oxygen atoms in total. The van der Waals surface area contributed by atoms with Gasteiger partial charge in [-0.05, 0) is 36.6 Å². The van der Waals surface area contributed by atoms with E-state index in [9.17, 15) is 4.79 Å². The molecule has 1 atom stereocenters. The highest BCUT2D eigenvalue weighted by molar-refractivity contribution is 6.34. The van der Waals surface area contributed by atoms with E-state index in [-0.39, 0.29) is 52.9 Å². The summed E-state index contributed by atoms with van der Waals surface area (Å²) in [5.41, 5.74) is 1.42. The number of anilines is 1. The molecular formula is C35H33ClF2N6O3. The van der Waals surface area contributed by atoms with Gasteiger partial charge in [-0.2, -0.15) is 4.98 Å². The van der Waals surface area contributed by atoms with E-state index >= 15 is 8.78 Å². The van der Waals surface area contributed by atoms with Crippen LogP contribution in [0.15, 0.2) is 65.6 Å². The molecule has 0 amide bonds. The van der Waals surface area contributed by atoms with Gasteiger partial charge in [0, 0.05) is 44.5 Å². The fourth-order valence-electron chi connectivity index (χ4n) is 6.44. The molecule has 1 saturated heterocycles. The van der Waals surface area contributed by atoms with Gasteiger partial charge in [-0.25, -0.2) is 23.1 Å². The highest BCUT2D eigenvalue weighted by Crippen LogP contribution is 2.41. The lowest BCUT2D eigenvalue weighted by Crippen LogP contribution is -2.52. The van der Waals surface area contributed by atoms with Gasteiger partial charge in [0.25, 0.3) is 0 Å². The zero-order chi connectivity index (χ0) is 32.8. The van der Waals surface area contributed by atoms with Gasteiger partial charge in [0.05, 0.1) is 27.4 Å². The van der Waals surface area contributed by atoms with Crippen LogP contribution >= 0.6 is 11.6 Å². The summed E-state index contributed by atoms with van der Waals surface area (Å²) in [6, 6.07) is 15.5. The maximum absolute atomic E-state index is 15.5. The van der Waals surface area contributed by atoms with Crippen molar-refractivity contribution in [1.29, 1.82) is 0 Å². The Labute approximate surface area is 275 Å². The third-order valence-corrected chi connectivity index (χ3v) is 8.89. The fraction of sp³-hybridized carbons (Fsp3) is 0.314. The van der Waals surface area contributed by atoms with E-state index in [2.05, 4.69) is 38.8 Å². The van der Waals surface area contributed by atoms with Crippen molar-refractivity contribution in [3.05, 3.63) is 99.2 Å². The van der Waals surface area contributed by atoms with E-state index < -0.39 is 17.3 Å². The number of halogens is 3. The van der Waals surface area contributed by atoms with Crippen LogP contribution < -0.4 is 20.1 Å². The van der Waals surface area contributed by atoms with Gasteiger partial charge in [-0.1, -0.05) is 55.8 Å². The van der Waals surface area contributed by atoms with E-state index in [1.54, 1.807) is 18.3 Å². The highest BCUT2D eigenvalue weighted by Gasteiger charge is 2.31. The molecule has 3 aromatic heterocycles. The summed E-state index contributed by atoms with van der Waals surface area (Å²) in [5, 5.41) is 0.529. The topological polar surface area (TPSA) is 85.6 Å². The summed E-state index contributed by atoms with van der Waals surface area (Å²) in [5.74, 6) is -1.24. The minimum absolute atomic E-state index is 0.0206. The number of pyridine rings is 2. The van der Waals surface area contributed by atoms with Crippen LogP contribution in [0.1, 0.15) is 37.9 Å². The average Bonchev–Trinajstić information content (AvgIpc) is 3.04. The van der Waals surface area contributed by atoms with Gasteiger partial charge in [0.15, 0.2) is 17.2 Å². The smallest absolute Gasteiger partial charge is 0.356 e. The first-order chi connectivity index (χ1) is 22.7. The maximum Gasteiger partial charge on any atom is 0.356 e. The van der Waals surface area contributed by atoms with Gasteiger partial charge in [-0.3, -0.25) is 9.88 Å². The van der Waals surface area contributed by atoms with Gasteiger partial charge < -0.3 is 14.4 Å². The van der Waals surface area contributed by atoms with Crippen molar-refractivity contribution < 1.29 is 18.3 Å². The van der Waals surface area contributed by atoms with Crippen molar-refractivity contribution in [2.24, 2.45) is 0 Å². The molecule has 0 aliphatic carbocycles. The molecule has 12 heteroatoms. The van der Waals surface area contributed by atoms with Crippen LogP contribution in [0.2, 0.25) is 5.02 Å². The predicted molar refractivity (Wildman–Crippen MR) is 177 cm³/mol. The zero-order valence-corrected chi connectivity index (χ0v) is 27.0. The number of aromatic nitrogens is 4. The molecule has 2 aliphatic rings. The second kappa shape index (κ2) is 12.5. The minimum Gasteiger partial charge on any atom is -0.488 e. The van der Waals surface area contributed by atoms with Crippen molar-refractivity contribution >= 4 is 28.5 Å². The lowest BCUT2D eigenvalue weighted by molar-refractivity contribution is 0.211. The summed E-state index contributed by atoms with van der Waals surface area (Å²) in [6.07, 6.45) is 1.60. The molecule has 0 saturated carbocycles. The van der Waals surface area contributed by atoms with Crippen LogP contribution in [0, 0.1) is 11.6 Å². The SMILES string of the molecule is CC(C)c1nccc2c1-n1c(=O)nc(N3CCN(Cc4ccccc4)CC3C)c3cc(Cl)c(nc31)-c1c(F)ccc(F)c1OCCO2. The largest absolute Gasteiger partial charge is 0.488 e. The number of fused-ring (bicyclic) bond motifs is 5. The van der Waals surface area contributed by atoms with Crippen LogP contribution in [0.5, 0.6) is 11.5 Å². The average molecular weight is 659 g/mol. The minimum atomic E-state index is -0.780. The Morgan fingerprint density at radius 2 is 1.77 bits per heavy atom. The molecule has 47 heavy (non-hydrogen) atoms.